The average molecular weight is 230 g/mol. The summed E-state index contributed by atoms with van der Waals surface area (Å²) in [5, 5.41) is 5.70. The van der Waals surface area contributed by atoms with Crippen LogP contribution in [0.1, 0.15) is 24.4 Å². The van der Waals surface area contributed by atoms with Gasteiger partial charge in [0, 0.05) is 11.9 Å². The highest BCUT2D eigenvalue weighted by Crippen LogP contribution is 2.34. The molecule has 3 heteroatoms. The van der Waals surface area contributed by atoms with Gasteiger partial charge in [0.25, 0.3) is 0 Å². The van der Waals surface area contributed by atoms with Crippen molar-refractivity contribution in [3.8, 4) is 0 Å². The summed E-state index contributed by atoms with van der Waals surface area (Å²) < 4.78 is 2.10. The Bertz CT molecular complexity index is 460. The van der Waals surface area contributed by atoms with Gasteiger partial charge in [0.2, 0.25) is 0 Å². The summed E-state index contributed by atoms with van der Waals surface area (Å²) in [5.74, 6) is 1.00. The predicted octanol–water partition coefficient (Wildman–Crippen LogP) is 3.51. The lowest BCUT2D eigenvalue weighted by molar-refractivity contribution is 0.624. The van der Waals surface area contributed by atoms with Crippen LogP contribution < -0.4 is 0 Å². The molecule has 0 saturated heterocycles. The van der Waals surface area contributed by atoms with Crippen molar-refractivity contribution in [3.63, 3.8) is 0 Å². The van der Waals surface area contributed by atoms with Crippen LogP contribution in [0.4, 0.5) is 0 Å². The third-order valence-electron chi connectivity index (χ3n) is 2.73. The molecule has 0 N–H and O–H groups in total. The minimum atomic E-state index is 0.686. The molecule has 2 nitrogen and oxygen atoms in total. The Morgan fingerprint density at radius 2 is 2.00 bits per heavy atom. The quantitative estimate of drug-likeness (QED) is 0.748. The van der Waals surface area contributed by atoms with Gasteiger partial charge in [-0.2, -0.15) is 5.10 Å². The number of thioether (sulfide) groups is 1. The lowest BCUT2D eigenvalue weighted by atomic mass is 10.2. The minimum absolute atomic E-state index is 0.686. The molecule has 3 rings (SSSR count). The Morgan fingerprint density at radius 3 is 2.75 bits per heavy atom. The maximum Gasteiger partial charge on any atom is 0.118 e. The topological polar surface area (TPSA) is 17.8 Å². The summed E-state index contributed by atoms with van der Waals surface area (Å²) in [6.45, 7) is 0. The molecule has 0 radical (unpaired) electrons. The Kier molecular flexibility index (Phi) is 2.70. The summed E-state index contributed by atoms with van der Waals surface area (Å²) in [6.07, 6.45) is 4.69. The van der Waals surface area contributed by atoms with Crippen LogP contribution in [0.25, 0.3) is 0 Å². The molecule has 0 aliphatic heterocycles. The van der Waals surface area contributed by atoms with E-state index in [-0.39, 0.29) is 0 Å². The first-order chi connectivity index (χ1) is 7.92. The van der Waals surface area contributed by atoms with Crippen LogP contribution >= 0.6 is 11.8 Å². The van der Waals surface area contributed by atoms with E-state index in [1.807, 2.05) is 11.8 Å². The third-order valence-corrected chi connectivity index (χ3v) is 3.73. The molecule has 82 valence electrons. The zero-order valence-electron chi connectivity index (χ0n) is 9.04. The summed E-state index contributed by atoms with van der Waals surface area (Å²) >= 11 is 1.81. The van der Waals surface area contributed by atoms with Crippen molar-refractivity contribution < 1.29 is 0 Å². The monoisotopic (exact) mass is 230 g/mol. The highest BCUT2D eigenvalue weighted by molar-refractivity contribution is 7.98. The van der Waals surface area contributed by atoms with E-state index in [2.05, 4.69) is 52.4 Å². The van der Waals surface area contributed by atoms with Gasteiger partial charge in [-0.15, -0.1) is 0 Å². The van der Waals surface area contributed by atoms with E-state index in [4.69, 9.17) is 0 Å². The Hall–Kier alpha value is -1.22. The Morgan fingerprint density at radius 1 is 1.19 bits per heavy atom. The molecule has 0 unspecified atom stereocenters. The Labute approximate surface area is 99.7 Å². The second kappa shape index (κ2) is 4.34. The zero-order valence-corrected chi connectivity index (χ0v) is 9.86. The van der Waals surface area contributed by atoms with Gasteiger partial charge >= 0.3 is 0 Å². The molecule has 1 aliphatic carbocycles. The molecule has 1 heterocycles. The van der Waals surface area contributed by atoms with E-state index < -0.39 is 0 Å². The molecule has 0 bridgehead atoms. The van der Waals surface area contributed by atoms with Gasteiger partial charge in [-0.05, 0) is 24.5 Å². The van der Waals surface area contributed by atoms with Crippen molar-refractivity contribution in [3.05, 3.63) is 48.2 Å². The van der Waals surface area contributed by atoms with Crippen LogP contribution in [-0.2, 0) is 5.75 Å². The molecule has 2 aromatic rings. The molecule has 0 spiro atoms. The third kappa shape index (κ3) is 2.30. The highest BCUT2D eigenvalue weighted by Gasteiger charge is 2.24. The molecule has 1 aliphatic rings. The first-order valence-electron chi connectivity index (χ1n) is 5.64. The number of benzene rings is 1. The predicted molar refractivity (Wildman–Crippen MR) is 66.5 cm³/mol. The normalized spacial score (nSPS) is 15.2. The van der Waals surface area contributed by atoms with E-state index in [1.165, 1.54) is 18.4 Å². The molecule has 1 aromatic carbocycles. The fourth-order valence-electron chi connectivity index (χ4n) is 1.67. The van der Waals surface area contributed by atoms with Gasteiger partial charge in [0.15, 0.2) is 0 Å². The van der Waals surface area contributed by atoms with Crippen LogP contribution in [0, 0.1) is 0 Å². The van der Waals surface area contributed by atoms with E-state index >= 15 is 0 Å². The number of hydrogen-bond donors (Lipinski definition) is 0. The minimum Gasteiger partial charge on any atom is -0.269 e. The summed E-state index contributed by atoms with van der Waals surface area (Å²) in [7, 11) is 0. The van der Waals surface area contributed by atoms with Crippen molar-refractivity contribution in [1.29, 1.82) is 0 Å². The van der Waals surface area contributed by atoms with E-state index in [1.54, 1.807) is 0 Å². The summed E-state index contributed by atoms with van der Waals surface area (Å²) in [6, 6.07) is 13.3. The lowest BCUT2D eigenvalue weighted by Gasteiger charge is -1.98. The fraction of sp³-hybridized carbons (Fsp3) is 0.308. The van der Waals surface area contributed by atoms with Gasteiger partial charge in [0.05, 0.1) is 6.04 Å². The van der Waals surface area contributed by atoms with Gasteiger partial charge in [-0.1, -0.05) is 42.1 Å². The summed E-state index contributed by atoms with van der Waals surface area (Å²) in [4.78, 5) is 0. The second-order valence-electron chi connectivity index (χ2n) is 4.14. The van der Waals surface area contributed by atoms with Gasteiger partial charge in [0.1, 0.15) is 5.03 Å². The van der Waals surface area contributed by atoms with Crippen LogP contribution in [-0.4, -0.2) is 9.78 Å². The van der Waals surface area contributed by atoms with Gasteiger partial charge < -0.3 is 0 Å². The first-order valence-corrected chi connectivity index (χ1v) is 6.62. The number of rotatable bonds is 4. The molecular formula is C13H14N2S. The molecule has 1 saturated carbocycles. The van der Waals surface area contributed by atoms with Crippen LogP contribution in [0.2, 0.25) is 0 Å². The average Bonchev–Trinajstić information content (AvgIpc) is 3.08. The number of aromatic nitrogens is 2. The summed E-state index contributed by atoms with van der Waals surface area (Å²) in [5.41, 5.74) is 1.36. The maximum atomic E-state index is 4.57. The zero-order chi connectivity index (χ0) is 10.8. The van der Waals surface area contributed by atoms with E-state index in [0.717, 1.165) is 10.8 Å². The molecule has 0 atom stereocenters. The van der Waals surface area contributed by atoms with Crippen molar-refractivity contribution in [1.82, 2.24) is 9.78 Å². The largest absolute Gasteiger partial charge is 0.269 e. The van der Waals surface area contributed by atoms with Crippen LogP contribution in [0.5, 0.6) is 0 Å². The van der Waals surface area contributed by atoms with Crippen molar-refractivity contribution in [2.45, 2.75) is 29.7 Å². The first kappa shape index (κ1) is 9.97. The molecule has 16 heavy (non-hydrogen) atoms. The molecule has 1 aromatic heterocycles. The molecule has 1 fully saturated rings. The van der Waals surface area contributed by atoms with Crippen LogP contribution in [0.3, 0.4) is 0 Å². The smallest absolute Gasteiger partial charge is 0.118 e. The van der Waals surface area contributed by atoms with E-state index in [9.17, 15) is 0 Å². The van der Waals surface area contributed by atoms with E-state index in [0.29, 0.717) is 6.04 Å². The standard InChI is InChI=1S/C13H14N2S/c1-2-4-11(5-3-1)10-16-13-8-9-15(14-13)12-6-7-12/h1-5,8-9,12H,6-7,10H2. The van der Waals surface area contributed by atoms with Crippen molar-refractivity contribution >= 4 is 11.8 Å². The maximum absolute atomic E-state index is 4.57. The van der Waals surface area contributed by atoms with Gasteiger partial charge in [-0.3, -0.25) is 4.68 Å². The Balaban J connectivity index is 1.61. The lowest BCUT2D eigenvalue weighted by Crippen LogP contribution is -1.93. The SMILES string of the molecule is c1ccc(CSc2ccn(C3CC3)n2)cc1. The van der Waals surface area contributed by atoms with Crippen LogP contribution in [0.15, 0.2) is 47.6 Å². The van der Waals surface area contributed by atoms with Crippen molar-refractivity contribution in [2.24, 2.45) is 0 Å². The fourth-order valence-corrected chi connectivity index (χ4v) is 2.49. The number of nitrogens with zero attached hydrogens (tertiary/aromatic N) is 2. The van der Waals surface area contributed by atoms with Crippen molar-refractivity contribution in [2.75, 3.05) is 0 Å². The number of hydrogen-bond acceptors (Lipinski definition) is 2. The highest BCUT2D eigenvalue weighted by atomic mass is 32.2. The van der Waals surface area contributed by atoms with Gasteiger partial charge in [-0.25, -0.2) is 0 Å². The molecular weight excluding hydrogens is 216 g/mol. The second-order valence-corrected chi connectivity index (χ2v) is 5.14. The molecule has 0 amide bonds.